The third kappa shape index (κ3) is 8.61. The molecule has 0 spiro atoms. The zero-order valence-corrected chi connectivity index (χ0v) is 26.5. The predicted octanol–water partition coefficient (Wildman–Crippen LogP) is 7.99. The first-order valence-electron chi connectivity index (χ1n) is 14.8. The van der Waals surface area contributed by atoms with Crippen LogP contribution in [0.1, 0.15) is 57.8 Å². The molecule has 0 fully saturated rings. The first kappa shape index (κ1) is 32.0. The van der Waals surface area contributed by atoms with E-state index in [2.05, 4.69) is 35.0 Å². The number of hydrogen-bond acceptors (Lipinski definition) is 6. The van der Waals surface area contributed by atoms with Gasteiger partial charge >= 0.3 is 0 Å². The number of aromatic nitrogens is 1. The molecule has 1 aromatic heterocycles. The Morgan fingerprint density at radius 1 is 0.783 bits per heavy atom. The maximum absolute atomic E-state index is 13.6. The molecular formula is C37H34N4O4S. The van der Waals surface area contributed by atoms with Crippen molar-refractivity contribution in [2.45, 2.75) is 36.8 Å². The zero-order valence-electron chi connectivity index (χ0n) is 25.7. The lowest BCUT2D eigenvalue weighted by atomic mass is 10.0. The molecule has 4 aromatic carbocycles. The van der Waals surface area contributed by atoms with E-state index in [1.807, 2.05) is 66.7 Å². The molecule has 46 heavy (non-hydrogen) atoms. The number of amides is 3. The van der Waals surface area contributed by atoms with E-state index in [4.69, 9.17) is 4.52 Å². The molecule has 0 aliphatic rings. The molecule has 232 valence electrons. The van der Waals surface area contributed by atoms with Crippen molar-refractivity contribution in [3.63, 3.8) is 0 Å². The molecule has 0 aliphatic carbocycles. The lowest BCUT2D eigenvalue weighted by molar-refractivity contribution is -0.116. The lowest BCUT2D eigenvalue weighted by Gasteiger charge is -2.17. The van der Waals surface area contributed by atoms with Gasteiger partial charge in [-0.15, -0.1) is 11.8 Å². The molecule has 8 nitrogen and oxygen atoms in total. The van der Waals surface area contributed by atoms with Crippen LogP contribution in [0, 0.1) is 6.92 Å². The summed E-state index contributed by atoms with van der Waals surface area (Å²) in [6.07, 6.45) is 1.65. The number of carbonyl (C=O) groups is 3. The number of thioether (sulfide) groups is 1. The number of carbonyl (C=O) groups excluding carboxylic acids is 3. The van der Waals surface area contributed by atoms with Crippen molar-refractivity contribution in [1.82, 2.24) is 10.5 Å². The van der Waals surface area contributed by atoms with Crippen LogP contribution in [0.4, 0.5) is 11.5 Å². The van der Waals surface area contributed by atoms with Crippen molar-refractivity contribution < 1.29 is 18.9 Å². The van der Waals surface area contributed by atoms with Crippen LogP contribution in [0.25, 0.3) is 6.08 Å². The van der Waals surface area contributed by atoms with Crippen molar-refractivity contribution in [2.75, 3.05) is 10.6 Å². The molecule has 3 amide bonds. The molecule has 0 aliphatic heterocycles. The Hall–Kier alpha value is -5.41. The Labute approximate surface area is 272 Å². The fraction of sp³-hybridized carbons (Fsp3) is 0.135. The molecule has 0 bridgehead atoms. The van der Waals surface area contributed by atoms with E-state index in [9.17, 15) is 14.4 Å². The van der Waals surface area contributed by atoms with Gasteiger partial charge in [-0.1, -0.05) is 97.9 Å². The van der Waals surface area contributed by atoms with Gasteiger partial charge < -0.3 is 20.5 Å². The van der Waals surface area contributed by atoms with Crippen LogP contribution < -0.4 is 16.0 Å². The molecule has 5 aromatic rings. The van der Waals surface area contributed by atoms with E-state index >= 15 is 0 Å². The van der Waals surface area contributed by atoms with Crippen molar-refractivity contribution >= 4 is 47.1 Å². The summed E-state index contributed by atoms with van der Waals surface area (Å²) in [7, 11) is 0. The van der Waals surface area contributed by atoms with E-state index in [1.165, 1.54) is 17.3 Å². The highest BCUT2D eigenvalue weighted by atomic mass is 32.2. The van der Waals surface area contributed by atoms with Crippen LogP contribution in [0.15, 0.2) is 130 Å². The van der Waals surface area contributed by atoms with E-state index in [0.717, 1.165) is 16.0 Å². The van der Waals surface area contributed by atoms with Gasteiger partial charge in [0.25, 0.3) is 11.8 Å². The number of rotatable bonds is 11. The van der Waals surface area contributed by atoms with Crippen LogP contribution in [-0.2, 0) is 9.59 Å². The molecule has 0 saturated carbocycles. The monoisotopic (exact) mass is 630 g/mol. The number of nitrogens with one attached hydrogen (secondary N) is 3. The van der Waals surface area contributed by atoms with Crippen LogP contribution in [0.2, 0.25) is 0 Å². The van der Waals surface area contributed by atoms with Crippen LogP contribution >= 0.6 is 11.8 Å². The number of hydrogen-bond donors (Lipinski definition) is 3. The quantitative estimate of drug-likeness (QED) is 0.101. The topological polar surface area (TPSA) is 113 Å². The number of anilines is 2. The van der Waals surface area contributed by atoms with Gasteiger partial charge in [-0.05, 0) is 65.9 Å². The molecule has 0 radical (unpaired) electrons. The molecule has 9 heteroatoms. The molecule has 3 N–H and O–H groups in total. The Balaban J connectivity index is 1.37. The summed E-state index contributed by atoms with van der Waals surface area (Å²) in [6.45, 7) is 5.98. The van der Waals surface area contributed by atoms with Crippen molar-refractivity contribution in [2.24, 2.45) is 0 Å². The molecular weight excluding hydrogens is 596 g/mol. The van der Waals surface area contributed by atoms with Gasteiger partial charge in [0.1, 0.15) is 16.7 Å². The Bertz CT molecular complexity index is 1830. The van der Waals surface area contributed by atoms with Crippen molar-refractivity contribution in [3.8, 4) is 0 Å². The van der Waals surface area contributed by atoms with E-state index < -0.39 is 17.1 Å². The van der Waals surface area contributed by atoms with Crippen LogP contribution in [0.5, 0.6) is 0 Å². The minimum absolute atomic E-state index is 0.0913. The average molecular weight is 631 g/mol. The highest BCUT2D eigenvalue weighted by Gasteiger charge is 2.24. The second kappa shape index (κ2) is 15.0. The summed E-state index contributed by atoms with van der Waals surface area (Å²) in [5, 5.41) is 11.8. The second-order valence-corrected chi connectivity index (χ2v) is 12.1. The first-order chi connectivity index (χ1) is 22.2. The van der Waals surface area contributed by atoms with Gasteiger partial charge in [0.15, 0.2) is 5.82 Å². The fourth-order valence-corrected chi connectivity index (χ4v) is 5.67. The maximum Gasteiger partial charge on any atom is 0.272 e. The molecule has 0 saturated heterocycles. The Morgan fingerprint density at radius 3 is 2.13 bits per heavy atom. The summed E-state index contributed by atoms with van der Waals surface area (Å²) >= 11 is 1.33. The SMILES string of the molecule is Cc1cc(NC(=O)C(Sc2cccc(NC(=O)/C(=C\c3ccc(C(C)C)cc3)NC(=O)c3ccccc3)c2)c2ccccc2)no1. The number of benzene rings is 4. The van der Waals surface area contributed by atoms with E-state index in [1.54, 1.807) is 61.5 Å². The zero-order chi connectivity index (χ0) is 32.5. The van der Waals surface area contributed by atoms with Gasteiger partial charge in [0, 0.05) is 22.2 Å². The summed E-state index contributed by atoms with van der Waals surface area (Å²) in [5.41, 5.74) is 3.77. The van der Waals surface area contributed by atoms with E-state index in [-0.39, 0.29) is 11.6 Å². The first-order valence-corrected chi connectivity index (χ1v) is 15.7. The number of aryl methyl sites for hydroxylation is 1. The average Bonchev–Trinajstić information content (AvgIpc) is 3.48. The van der Waals surface area contributed by atoms with Crippen LogP contribution in [0.3, 0.4) is 0 Å². The molecule has 1 unspecified atom stereocenters. The second-order valence-electron chi connectivity index (χ2n) is 10.9. The highest BCUT2D eigenvalue weighted by molar-refractivity contribution is 8.00. The van der Waals surface area contributed by atoms with E-state index in [0.29, 0.717) is 28.7 Å². The lowest BCUT2D eigenvalue weighted by Crippen LogP contribution is -2.30. The smallest absolute Gasteiger partial charge is 0.272 e. The predicted molar refractivity (Wildman–Crippen MR) is 182 cm³/mol. The highest BCUT2D eigenvalue weighted by Crippen LogP contribution is 2.37. The third-order valence-electron chi connectivity index (χ3n) is 7.01. The standard InChI is InChI=1S/C37H34N4O4S/c1-24(2)27-19-17-26(18-20-27)22-32(39-35(42)29-13-8-5-9-14-29)36(43)38-30-15-10-16-31(23-30)46-34(28-11-6-4-7-12-28)37(44)40-33-21-25(3)45-41-33/h4-24,34H,1-3H3,(H,38,43)(H,39,42)(H,40,41,44)/b32-22+. The Kier molecular flexibility index (Phi) is 10.5. The third-order valence-corrected chi connectivity index (χ3v) is 8.26. The normalized spacial score (nSPS) is 12.0. The van der Waals surface area contributed by atoms with Gasteiger partial charge in [-0.25, -0.2) is 0 Å². The Morgan fingerprint density at radius 2 is 1.48 bits per heavy atom. The summed E-state index contributed by atoms with van der Waals surface area (Å²) in [4.78, 5) is 40.9. The van der Waals surface area contributed by atoms with Gasteiger partial charge in [0.2, 0.25) is 5.91 Å². The largest absolute Gasteiger partial charge is 0.360 e. The summed E-state index contributed by atoms with van der Waals surface area (Å²) in [6, 6.07) is 34.9. The maximum atomic E-state index is 13.6. The van der Waals surface area contributed by atoms with Crippen molar-refractivity contribution in [1.29, 1.82) is 0 Å². The molecule has 1 atom stereocenters. The minimum atomic E-state index is -0.612. The fourth-order valence-electron chi connectivity index (χ4n) is 4.59. The van der Waals surface area contributed by atoms with Gasteiger partial charge in [-0.3, -0.25) is 14.4 Å². The van der Waals surface area contributed by atoms with Gasteiger partial charge in [0.05, 0.1) is 0 Å². The molecule has 5 rings (SSSR count). The van der Waals surface area contributed by atoms with Crippen molar-refractivity contribution in [3.05, 3.63) is 149 Å². The summed E-state index contributed by atoms with van der Waals surface area (Å²) in [5.74, 6) is 0.130. The molecule has 1 heterocycles. The van der Waals surface area contributed by atoms with Gasteiger partial charge in [-0.2, -0.15) is 0 Å². The summed E-state index contributed by atoms with van der Waals surface area (Å²) < 4.78 is 5.10. The number of nitrogens with zero attached hydrogens (tertiary/aromatic N) is 1. The minimum Gasteiger partial charge on any atom is -0.360 e. The van der Waals surface area contributed by atoms with Crippen LogP contribution in [-0.4, -0.2) is 22.9 Å².